The van der Waals surface area contributed by atoms with Gasteiger partial charge in [-0.15, -0.1) is 0 Å². The Balaban J connectivity index is 1.92. The molecule has 1 heterocycles. The van der Waals surface area contributed by atoms with Crippen LogP contribution in [-0.2, 0) is 16.1 Å². The molecule has 1 N–H and O–H groups in total. The first-order valence-electron chi connectivity index (χ1n) is 6.57. The molecule has 110 valence electrons. The molecule has 0 bridgehead atoms. The van der Waals surface area contributed by atoms with Crippen molar-refractivity contribution in [1.82, 2.24) is 10.2 Å². The number of carbonyl (C=O) groups excluding carboxylic acids is 1. The van der Waals surface area contributed by atoms with Gasteiger partial charge in [-0.25, -0.2) is 0 Å². The molecular formula is C14H18Cl2N2O2. The van der Waals surface area contributed by atoms with Crippen LogP contribution in [0, 0.1) is 0 Å². The largest absolute Gasteiger partial charge is 0.374 e. The molecule has 1 saturated heterocycles. The molecule has 0 aliphatic carbocycles. The van der Waals surface area contributed by atoms with Crippen molar-refractivity contribution < 1.29 is 9.53 Å². The van der Waals surface area contributed by atoms with E-state index in [9.17, 15) is 4.79 Å². The normalized spacial score (nSPS) is 19.9. The van der Waals surface area contributed by atoms with E-state index in [2.05, 4.69) is 10.2 Å². The summed E-state index contributed by atoms with van der Waals surface area (Å²) in [4.78, 5) is 13.2. The lowest BCUT2D eigenvalue weighted by Gasteiger charge is -2.33. The van der Waals surface area contributed by atoms with Crippen LogP contribution in [0.2, 0.25) is 10.0 Å². The first-order chi connectivity index (χ1) is 9.56. The van der Waals surface area contributed by atoms with Crippen LogP contribution in [-0.4, -0.2) is 43.2 Å². The number of morpholine rings is 1. The standard InChI is InChI=1S/C14H18Cl2N2O2/c1-10(19)17-7-12-9-18(5-6-20-12)8-11-3-2-4-13(15)14(11)16/h2-4,12H,5-9H2,1H3,(H,17,19)/t12-/m0/s1. The summed E-state index contributed by atoms with van der Waals surface area (Å²) in [5.41, 5.74) is 1.01. The lowest BCUT2D eigenvalue weighted by Crippen LogP contribution is -2.46. The van der Waals surface area contributed by atoms with Crippen LogP contribution in [0.3, 0.4) is 0 Å². The van der Waals surface area contributed by atoms with Crippen molar-refractivity contribution in [2.75, 3.05) is 26.2 Å². The molecule has 0 aromatic heterocycles. The predicted octanol–water partition coefficient (Wildman–Crippen LogP) is 2.33. The van der Waals surface area contributed by atoms with Gasteiger partial charge in [-0.2, -0.15) is 0 Å². The Hall–Kier alpha value is -0.810. The van der Waals surface area contributed by atoms with E-state index in [1.54, 1.807) is 6.07 Å². The van der Waals surface area contributed by atoms with Crippen LogP contribution in [0.15, 0.2) is 18.2 Å². The van der Waals surface area contributed by atoms with Gasteiger partial charge in [0.25, 0.3) is 0 Å². The topological polar surface area (TPSA) is 41.6 Å². The number of halogens is 2. The van der Waals surface area contributed by atoms with Crippen molar-refractivity contribution in [2.24, 2.45) is 0 Å². The highest BCUT2D eigenvalue weighted by molar-refractivity contribution is 6.42. The zero-order chi connectivity index (χ0) is 14.5. The van der Waals surface area contributed by atoms with Gasteiger partial charge in [-0.1, -0.05) is 35.3 Å². The minimum atomic E-state index is -0.0383. The molecule has 20 heavy (non-hydrogen) atoms. The third-order valence-electron chi connectivity index (χ3n) is 3.23. The zero-order valence-electron chi connectivity index (χ0n) is 11.4. The van der Waals surface area contributed by atoms with Gasteiger partial charge in [0, 0.05) is 33.1 Å². The monoisotopic (exact) mass is 316 g/mol. The molecule has 1 aliphatic heterocycles. The maximum Gasteiger partial charge on any atom is 0.216 e. The Morgan fingerprint density at radius 3 is 3.05 bits per heavy atom. The predicted molar refractivity (Wildman–Crippen MR) is 80.2 cm³/mol. The summed E-state index contributed by atoms with van der Waals surface area (Å²) in [7, 11) is 0. The van der Waals surface area contributed by atoms with Gasteiger partial charge in [0.05, 0.1) is 22.8 Å². The molecule has 6 heteroatoms. The van der Waals surface area contributed by atoms with Crippen LogP contribution in [0.4, 0.5) is 0 Å². The molecule has 2 rings (SSSR count). The molecule has 0 radical (unpaired) electrons. The van der Waals surface area contributed by atoms with Gasteiger partial charge in [0.2, 0.25) is 5.91 Å². The lowest BCUT2D eigenvalue weighted by molar-refractivity contribution is -0.120. The Kier molecular flexibility index (Phi) is 5.66. The molecule has 0 spiro atoms. The van der Waals surface area contributed by atoms with Crippen molar-refractivity contribution in [3.63, 3.8) is 0 Å². The van der Waals surface area contributed by atoms with E-state index in [-0.39, 0.29) is 12.0 Å². The molecule has 1 aromatic carbocycles. The second-order valence-electron chi connectivity index (χ2n) is 4.88. The molecule has 1 aliphatic rings. The number of nitrogens with one attached hydrogen (secondary N) is 1. The number of ether oxygens (including phenoxy) is 1. The first kappa shape index (κ1) is 15.6. The van der Waals surface area contributed by atoms with E-state index in [0.29, 0.717) is 23.2 Å². The maximum absolute atomic E-state index is 10.9. The fraction of sp³-hybridized carbons (Fsp3) is 0.500. The Morgan fingerprint density at radius 2 is 2.30 bits per heavy atom. The van der Waals surface area contributed by atoms with Crippen LogP contribution >= 0.6 is 23.2 Å². The molecule has 0 saturated carbocycles. The fourth-order valence-corrected chi connectivity index (χ4v) is 2.60. The Bertz CT molecular complexity index is 482. The summed E-state index contributed by atoms with van der Waals surface area (Å²) < 4.78 is 5.63. The van der Waals surface area contributed by atoms with Crippen molar-refractivity contribution in [3.8, 4) is 0 Å². The number of benzene rings is 1. The molecule has 0 unspecified atom stereocenters. The highest BCUT2D eigenvalue weighted by atomic mass is 35.5. The molecular weight excluding hydrogens is 299 g/mol. The third kappa shape index (κ3) is 4.35. The first-order valence-corrected chi connectivity index (χ1v) is 7.33. The molecule has 1 amide bonds. The van der Waals surface area contributed by atoms with Crippen molar-refractivity contribution in [3.05, 3.63) is 33.8 Å². The number of nitrogens with zero attached hydrogens (tertiary/aromatic N) is 1. The summed E-state index contributed by atoms with van der Waals surface area (Å²) in [6, 6.07) is 5.66. The SMILES string of the molecule is CC(=O)NC[C@H]1CN(Cc2cccc(Cl)c2Cl)CCO1. The number of hydrogen-bond acceptors (Lipinski definition) is 3. The maximum atomic E-state index is 10.9. The fourth-order valence-electron chi connectivity index (χ4n) is 2.22. The van der Waals surface area contributed by atoms with Gasteiger partial charge < -0.3 is 10.1 Å². The number of rotatable bonds is 4. The van der Waals surface area contributed by atoms with Gasteiger partial charge >= 0.3 is 0 Å². The molecule has 4 nitrogen and oxygen atoms in total. The van der Waals surface area contributed by atoms with E-state index in [4.69, 9.17) is 27.9 Å². The van der Waals surface area contributed by atoms with Crippen molar-refractivity contribution >= 4 is 29.1 Å². The van der Waals surface area contributed by atoms with Crippen molar-refractivity contribution in [2.45, 2.75) is 19.6 Å². The summed E-state index contributed by atoms with van der Waals surface area (Å²) in [6.45, 7) is 5.05. The zero-order valence-corrected chi connectivity index (χ0v) is 12.9. The number of hydrogen-bond donors (Lipinski definition) is 1. The van der Waals surface area contributed by atoms with E-state index < -0.39 is 0 Å². The summed E-state index contributed by atoms with van der Waals surface area (Å²) in [5.74, 6) is -0.0383. The summed E-state index contributed by atoms with van der Waals surface area (Å²) >= 11 is 12.2. The van der Waals surface area contributed by atoms with E-state index in [0.717, 1.165) is 25.2 Å². The van der Waals surface area contributed by atoms with Crippen LogP contribution in [0.5, 0.6) is 0 Å². The Morgan fingerprint density at radius 1 is 1.50 bits per heavy atom. The van der Waals surface area contributed by atoms with Gasteiger partial charge in [0.15, 0.2) is 0 Å². The number of carbonyl (C=O) groups is 1. The number of amides is 1. The van der Waals surface area contributed by atoms with E-state index in [1.165, 1.54) is 6.92 Å². The van der Waals surface area contributed by atoms with E-state index >= 15 is 0 Å². The second kappa shape index (κ2) is 7.27. The molecule has 1 atom stereocenters. The van der Waals surface area contributed by atoms with Crippen LogP contribution in [0.25, 0.3) is 0 Å². The summed E-state index contributed by atoms with van der Waals surface area (Å²) in [5, 5.41) is 3.97. The van der Waals surface area contributed by atoms with Gasteiger partial charge in [-0.3, -0.25) is 9.69 Å². The van der Waals surface area contributed by atoms with Crippen LogP contribution in [0.1, 0.15) is 12.5 Å². The van der Waals surface area contributed by atoms with E-state index in [1.807, 2.05) is 12.1 Å². The van der Waals surface area contributed by atoms with Gasteiger partial charge in [-0.05, 0) is 11.6 Å². The molecule has 1 aromatic rings. The van der Waals surface area contributed by atoms with Gasteiger partial charge in [0.1, 0.15) is 0 Å². The molecule has 1 fully saturated rings. The van der Waals surface area contributed by atoms with Crippen molar-refractivity contribution in [1.29, 1.82) is 0 Å². The third-order valence-corrected chi connectivity index (χ3v) is 4.09. The highest BCUT2D eigenvalue weighted by Crippen LogP contribution is 2.26. The smallest absolute Gasteiger partial charge is 0.216 e. The minimum Gasteiger partial charge on any atom is -0.374 e. The minimum absolute atomic E-state index is 0.0191. The average Bonchev–Trinajstić information content (AvgIpc) is 2.42. The summed E-state index contributed by atoms with van der Waals surface area (Å²) in [6.07, 6.45) is 0.0191. The Labute approximate surface area is 129 Å². The van der Waals surface area contributed by atoms with Crippen LogP contribution < -0.4 is 5.32 Å². The second-order valence-corrected chi connectivity index (χ2v) is 5.66. The lowest BCUT2D eigenvalue weighted by atomic mass is 10.2. The highest BCUT2D eigenvalue weighted by Gasteiger charge is 2.21. The quantitative estimate of drug-likeness (QED) is 0.927. The average molecular weight is 317 g/mol.